The van der Waals surface area contributed by atoms with Gasteiger partial charge in [-0.15, -0.1) is 0 Å². The van der Waals surface area contributed by atoms with Crippen LogP contribution in [0.3, 0.4) is 0 Å². The van der Waals surface area contributed by atoms with Crippen molar-refractivity contribution in [1.82, 2.24) is 10.2 Å². The molecular formula is C19H26FN3O2. The second kappa shape index (κ2) is 8.32. The highest BCUT2D eigenvalue weighted by atomic mass is 19.1. The Morgan fingerprint density at radius 2 is 1.60 bits per heavy atom. The van der Waals surface area contributed by atoms with E-state index in [1.807, 2.05) is 0 Å². The molecule has 2 N–H and O–H groups in total. The van der Waals surface area contributed by atoms with Crippen molar-refractivity contribution in [2.75, 3.05) is 18.4 Å². The quantitative estimate of drug-likeness (QED) is 0.879. The Hall–Kier alpha value is -2.11. The summed E-state index contributed by atoms with van der Waals surface area (Å²) in [4.78, 5) is 26.3. The minimum atomic E-state index is -0.326. The molecule has 6 heteroatoms. The van der Waals surface area contributed by atoms with Gasteiger partial charge in [-0.3, -0.25) is 4.79 Å². The van der Waals surface area contributed by atoms with Gasteiger partial charge >= 0.3 is 6.03 Å². The largest absolute Gasteiger partial charge is 0.353 e. The van der Waals surface area contributed by atoms with Crippen LogP contribution in [0.2, 0.25) is 0 Å². The van der Waals surface area contributed by atoms with Gasteiger partial charge in [0, 0.05) is 30.7 Å². The maximum Gasteiger partial charge on any atom is 0.321 e. The van der Waals surface area contributed by atoms with Gasteiger partial charge in [0.15, 0.2) is 0 Å². The summed E-state index contributed by atoms with van der Waals surface area (Å²) in [6.45, 7) is 1.23. The Kier molecular flexibility index (Phi) is 5.89. The number of carbonyl (C=O) groups is 2. The number of amides is 3. The molecule has 1 aromatic carbocycles. The molecule has 0 atom stereocenters. The van der Waals surface area contributed by atoms with Gasteiger partial charge in [0.05, 0.1) is 0 Å². The third-order valence-corrected chi connectivity index (χ3v) is 5.20. The highest BCUT2D eigenvalue weighted by molar-refractivity contribution is 5.89. The number of rotatable bonds is 3. The molecule has 25 heavy (non-hydrogen) atoms. The smallest absolute Gasteiger partial charge is 0.321 e. The lowest BCUT2D eigenvalue weighted by atomic mass is 9.88. The average Bonchev–Trinajstić information content (AvgIpc) is 2.65. The normalized spacial score (nSPS) is 19.5. The van der Waals surface area contributed by atoms with E-state index in [9.17, 15) is 14.0 Å². The van der Waals surface area contributed by atoms with Crippen LogP contribution in [-0.4, -0.2) is 36.0 Å². The molecule has 3 rings (SSSR count). The number of halogens is 1. The molecule has 0 aromatic heterocycles. The molecule has 1 saturated carbocycles. The first-order valence-electron chi connectivity index (χ1n) is 9.24. The lowest BCUT2D eigenvalue weighted by molar-refractivity contribution is -0.126. The SMILES string of the molecule is O=C(NC1CCN(C(=O)Nc2ccc(F)cc2)CC1)C1CCCCC1. The molecule has 5 nitrogen and oxygen atoms in total. The van der Waals surface area contributed by atoms with E-state index in [0.29, 0.717) is 18.8 Å². The fourth-order valence-electron chi connectivity index (χ4n) is 3.65. The number of anilines is 1. The zero-order chi connectivity index (χ0) is 17.6. The first-order valence-corrected chi connectivity index (χ1v) is 9.24. The lowest BCUT2D eigenvalue weighted by Gasteiger charge is -2.33. The van der Waals surface area contributed by atoms with E-state index in [4.69, 9.17) is 0 Å². The van der Waals surface area contributed by atoms with Gasteiger partial charge in [-0.2, -0.15) is 0 Å². The van der Waals surface area contributed by atoms with E-state index in [-0.39, 0.29) is 29.7 Å². The fourth-order valence-corrected chi connectivity index (χ4v) is 3.65. The molecular weight excluding hydrogens is 321 g/mol. The Balaban J connectivity index is 1.42. The highest BCUT2D eigenvalue weighted by Gasteiger charge is 2.27. The zero-order valence-corrected chi connectivity index (χ0v) is 14.5. The summed E-state index contributed by atoms with van der Waals surface area (Å²) < 4.78 is 12.9. The molecule has 136 valence electrons. The second-order valence-corrected chi connectivity index (χ2v) is 7.04. The summed E-state index contributed by atoms with van der Waals surface area (Å²) >= 11 is 0. The van der Waals surface area contributed by atoms with E-state index >= 15 is 0 Å². The van der Waals surface area contributed by atoms with Gasteiger partial charge in [-0.1, -0.05) is 19.3 Å². The van der Waals surface area contributed by atoms with Crippen LogP contribution in [0.25, 0.3) is 0 Å². The van der Waals surface area contributed by atoms with Gasteiger partial charge in [0.2, 0.25) is 5.91 Å². The number of benzene rings is 1. The Morgan fingerprint density at radius 1 is 0.960 bits per heavy atom. The van der Waals surface area contributed by atoms with Crippen molar-refractivity contribution in [2.24, 2.45) is 5.92 Å². The number of nitrogens with zero attached hydrogens (tertiary/aromatic N) is 1. The number of carbonyl (C=O) groups excluding carboxylic acids is 2. The van der Waals surface area contributed by atoms with Crippen molar-refractivity contribution in [3.63, 3.8) is 0 Å². The van der Waals surface area contributed by atoms with Gasteiger partial charge in [-0.05, 0) is 49.9 Å². The van der Waals surface area contributed by atoms with Crippen LogP contribution in [0.1, 0.15) is 44.9 Å². The second-order valence-electron chi connectivity index (χ2n) is 7.04. The van der Waals surface area contributed by atoms with Crippen molar-refractivity contribution in [2.45, 2.75) is 51.0 Å². The van der Waals surface area contributed by atoms with Crippen molar-refractivity contribution < 1.29 is 14.0 Å². The van der Waals surface area contributed by atoms with Gasteiger partial charge in [0.1, 0.15) is 5.82 Å². The molecule has 1 aliphatic heterocycles. The van der Waals surface area contributed by atoms with Crippen LogP contribution in [0.5, 0.6) is 0 Å². The molecule has 3 amide bonds. The fraction of sp³-hybridized carbons (Fsp3) is 0.579. The van der Waals surface area contributed by atoms with E-state index in [2.05, 4.69) is 10.6 Å². The van der Waals surface area contributed by atoms with Crippen LogP contribution in [0.15, 0.2) is 24.3 Å². The van der Waals surface area contributed by atoms with Crippen molar-refractivity contribution in [1.29, 1.82) is 0 Å². The maximum atomic E-state index is 12.9. The van der Waals surface area contributed by atoms with Crippen molar-refractivity contribution in [3.05, 3.63) is 30.1 Å². The standard InChI is InChI=1S/C19H26FN3O2/c20-15-6-8-16(9-7-15)22-19(25)23-12-10-17(11-13-23)21-18(24)14-4-2-1-3-5-14/h6-9,14,17H,1-5,10-13H2,(H,21,24)(H,22,25). The third-order valence-electron chi connectivity index (χ3n) is 5.20. The predicted molar refractivity (Wildman–Crippen MR) is 94.7 cm³/mol. The van der Waals surface area contributed by atoms with Gasteiger partial charge in [-0.25, -0.2) is 9.18 Å². The monoisotopic (exact) mass is 347 g/mol. The number of urea groups is 1. The first-order chi connectivity index (χ1) is 12.1. The number of nitrogens with one attached hydrogen (secondary N) is 2. The maximum absolute atomic E-state index is 12.9. The van der Waals surface area contributed by atoms with Gasteiger partial charge < -0.3 is 15.5 Å². The lowest BCUT2D eigenvalue weighted by Crippen LogP contribution is -2.49. The molecule has 0 spiro atoms. The van der Waals surface area contributed by atoms with Crippen molar-refractivity contribution >= 4 is 17.6 Å². The summed E-state index contributed by atoms with van der Waals surface area (Å²) in [6.07, 6.45) is 7.10. The molecule has 2 fully saturated rings. The highest BCUT2D eigenvalue weighted by Crippen LogP contribution is 2.24. The Bertz CT molecular complexity index is 591. The Labute approximate surface area is 148 Å². The predicted octanol–water partition coefficient (Wildman–Crippen LogP) is 3.52. The summed E-state index contributed by atoms with van der Waals surface area (Å²) in [5, 5.41) is 5.94. The third kappa shape index (κ3) is 4.94. The van der Waals surface area contributed by atoms with Gasteiger partial charge in [0.25, 0.3) is 0 Å². The van der Waals surface area contributed by atoms with Crippen LogP contribution in [0, 0.1) is 11.7 Å². The molecule has 0 radical (unpaired) electrons. The molecule has 1 aromatic rings. The first kappa shape index (κ1) is 17.7. The van der Waals surface area contributed by atoms with Crippen LogP contribution >= 0.6 is 0 Å². The topological polar surface area (TPSA) is 61.4 Å². The summed E-state index contributed by atoms with van der Waals surface area (Å²) in [7, 11) is 0. The zero-order valence-electron chi connectivity index (χ0n) is 14.5. The Morgan fingerprint density at radius 3 is 2.24 bits per heavy atom. The number of hydrogen-bond donors (Lipinski definition) is 2. The molecule has 1 saturated heterocycles. The number of hydrogen-bond acceptors (Lipinski definition) is 2. The van der Waals surface area contributed by atoms with Crippen LogP contribution in [-0.2, 0) is 4.79 Å². The van der Waals surface area contributed by atoms with Crippen LogP contribution < -0.4 is 10.6 Å². The number of likely N-dealkylation sites (tertiary alicyclic amines) is 1. The number of piperidine rings is 1. The summed E-state index contributed by atoms with van der Waals surface area (Å²) in [5.41, 5.74) is 0.583. The molecule has 0 unspecified atom stereocenters. The van der Waals surface area contributed by atoms with Crippen LogP contribution in [0.4, 0.5) is 14.9 Å². The van der Waals surface area contributed by atoms with Crippen molar-refractivity contribution in [3.8, 4) is 0 Å². The van der Waals surface area contributed by atoms with E-state index in [1.165, 1.54) is 18.6 Å². The molecule has 1 heterocycles. The molecule has 0 bridgehead atoms. The minimum Gasteiger partial charge on any atom is -0.353 e. The van der Waals surface area contributed by atoms with E-state index < -0.39 is 0 Å². The summed E-state index contributed by atoms with van der Waals surface area (Å²) in [5.74, 6) is 0.0370. The minimum absolute atomic E-state index is 0.157. The molecule has 2 aliphatic rings. The summed E-state index contributed by atoms with van der Waals surface area (Å²) in [6, 6.07) is 5.72. The van der Waals surface area contributed by atoms with E-state index in [1.54, 1.807) is 17.0 Å². The molecule has 1 aliphatic carbocycles. The average molecular weight is 347 g/mol. The van der Waals surface area contributed by atoms with E-state index in [0.717, 1.165) is 38.5 Å².